The van der Waals surface area contributed by atoms with Crippen LogP contribution >= 0.6 is 0 Å². The van der Waals surface area contributed by atoms with E-state index < -0.39 is 0 Å². The highest BCUT2D eigenvalue weighted by Gasteiger charge is 2.27. The van der Waals surface area contributed by atoms with Gasteiger partial charge in [-0.15, -0.1) is 0 Å². The van der Waals surface area contributed by atoms with Crippen molar-refractivity contribution in [1.29, 1.82) is 0 Å². The molecule has 3 aromatic rings. The normalized spacial score (nSPS) is 12.0. The van der Waals surface area contributed by atoms with Gasteiger partial charge in [0, 0.05) is 33.3 Å². The summed E-state index contributed by atoms with van der Waals surface area (Å²) in [5.74, 6) is 2.26. The zero-order valence-corrected chi connectivity index (χ0v) is 21.4. The van der Waals surface area contributed by atoms with E-state index >= 15 is 0 Å². The Kier molecular flexibility index (Phi) is 6.68. The van der Waals surface area contributed by atoms with Crippen LogP contribution in [0.15, 0.2) is 42.5 Å². The molecule has 1 N–H and O–H groups in total. The molecule has 0 amide bonds. The number of hydrogen-bond acceptors (Lipinski definition) is 6. The van der Waals surface area contributed by atoms with Crippen molar-refractivity contribution < 1.29 is 5.11 Å². The van der Waals surface area contributed by atoms with E-state index in [1.807, 2.05) is 61.3 Å². The Morgan fingerprint density at radius 2 is 1.27 bits per heavy atom. The minimum absolute atomic E-state index is 0.176. The number of aromatic hydroxyl groups is 1. The van der Waals surface area contributed by atoms with Crippen LogP contribution in [-0.2, 0) is 17.4 Å². The van der Waals surface area contributed by atoms with E-state index in [1.165, 1.54) is 0 Å². The molecular weight excluding hydrogens is 410 g/mol. The first kappa shape index (κ1) is 24.5. The Balaban J connectivity index is 2.05. The fourth-order valence-corrected chi connectivity index (χ4v) is 3.71. The van der Waals surface area contributed by atoms with Crippen LogP contribution in [0, 0.1) is 0 Å². The summed E-state index contributed by atoms with van der Waals surface area (Å²) in [6.45, 7) is 13.4. The summed E-state index contributed by atoms with van der Waals surface area (Å²) in [6, 6.07) is 14.2. The van der Waals surface area contributed by atoms with Crippen molar-refractivity contribution in [3.8, 4) is 17.1 Å². The summed E-state index contributed by atoms with van der Waals surface area (Å²) >= 11 is 0. The standard InChI is InChI=1S/C27H37N5O/c1-26(2,3)20-15-18(16-21(22(20)33)27(4,5)6)17-32(9)25-29-23(19-13-11-10-12-14-19)28-24(30-25)31(7)8/h10-16,33H,17H2,1-9H3. The smallest absolute Gasteiger partial charge is 0.230 e. The fraction of sp³-hybridized carbons (Fsp3) is 0.444. The van der Waals surface area contributed by atoms with E-state index in [-0.39, 0.29) is 10.8 Å². The molecule has 0 saturated heterocycles. The molecular formula is C27H37N5O. The highest BCUT2D eigenvalue weighted by Crippen LogP contribution is 2.40. The molecule has 0 aliphatic rings. The zero-order chi connectivity index (χ0) is 24.6. The quantitative estimate of drug-likeness (QED) is 0.554. The van der Waals surface area contributed by atoms with Crippen molar-refractivity contribution in [3.05, 3.63) is 59.2 Å². The van der Waals surface area contributed by atoms with Gasteiger partial charge in [-0.1, -0.05) is 71.9 Å². The van der Waals surface area contributed by atoms with Crippen LogP contribution in [-0.4, -0.2) is 41.2 Å². The molecule has 6 heteroatoms. The topological polar surface area (TPSA) is 65.4 Å². The summed E-state index contributed by atoms with van der Waals surface area (Å²) in [7, 11) is 5.85. The number of anilines is 2. The summed E-state index contributed by atoms with van der Waals surface area (Å²) in [5, 5.41) is 11.0. The lowest BCUT2D eigenvalue weighted by Crippen LogP contribution is -2.24. The lowest BCUT2D eigenvalue weighted by molar-refractivity contribution is 0.422. The van der Waals surface area contributed by atoms with Crippen molar-refractivity contribution >= 4 is 11.9 Å². The highest BCUT2D eigenvalue weighted by molar-refractivity contribution is 5.58. The van der Waals surface area contributed by atoms with Crippen LogP contribution in [0.1, 0.15) is 58.2 Å². The molecule has 0 aliphatic carbocycles. The molecule has 0 atom stereocenters. The third-order valence-corrected chi connectivity index (χ3v) is 5.59. The van der Waals surface area contributed by atoms with Crippen LogP contribution in [0.4, 0.5) is 11.9 Å². The lowest BCUT2D eigenvalue weighted by Gasteiger charge is -2.29. The molecule has 3 rings (SSSR count). The molecule has 0 bridgehead atoms. The van der Waals surface area contributed by atoms with Crippen LogP contribution in [0.5, 0.6) is 5.75 Å². The summed E-state index contributed by atoms with van der Waals surface area (Å²) in [4.78, 5) is 18.0. The molecule has 6 nitrogen and oxygen atoms in total. The number of phenolic OH excluding ortho intramolecular Hbond substituents is 1. The van der Waals surface area contributed by atoms with Crippen LogP contribution in [0.3, 0.4) is 0 Å². The van der Waals surface area contributed by atoms with Gasteiger partial charge >= 0.3 is 0 Å². The molecule has 1 aromatic heterocycles. The van der Waals surface area contributed by atoms with Crippen LogP contribution in [0.2, 0.25) is 0 Å². The Morgan fingerprint density at radius 3 is 1.76 bits per heavy atom. The van der Waals surface area contributed by atoms with Crippen molar-refractivity contribution in [3.63, 3.8) is 0 Å². The van der Waals surface area contributed by atoms with Gasteiger partial charge in [0.15, 0.2) is 5.82 Å². The fourth-order valence-electron chi connectivity index (χ4n) is 3.71. The van der Waals surface area contributed by atoms with Crippen LogP contribution in [0.25, 0.3) is 11.4 Å². The first-order chi connectivity index (χ1) is 15.3. The monoisotopic (exact) mass is 447 g/mol. The molecule has 176 valence electrons. The number of benzene rings is 2. The minimum Gasteiger partial charge on any atom is -0.507 e. The largest absolute Gasteiger partial charge is 0.507 e. The molecule has 0 fully saturated rings. The van der Waals surface area contributed by atoms with Crippen LogP contribution < -0.4 is 9.80 Å². The summed E-state index contributed by atoms with van der Waals surface area (Å²) in [6.07, 6.45) is 0. The molecule has 0 unspecified atom stereocenters. The van der Waals surface area contributed by atoms with E-state index in [2.05, 4.69) is 58.7 Å². The maximum absolute atomic E-state index is 11.0. The Labute approximate surface area is 198 Å². The lowest BCUT2D eigenvalue weighted by atomic mass is 9.78. The van der Waals surface area contributed by atoms with E-state index in [0.717, 1.165) is 22.3 Å². The number of rotatable bonds is 5. The Bertz CT molecular complexity index is 1080. The minimum atomic E-state index is -0.176. The van der Waals surface area contributed by atoms with Crippen molar-refractivity contribution in [1.82, 2.24) is 15.0 Å². The number of phenols is 1. The first-order valence-corrected chi connectivity index (χ1v) is 11.3. The second-order valence-corrected chi connectivity index (χ2v) is 10.9. The van der Waals surface area contributed by atoms with Gasteiger partial charge in [-0.25, -0.2) is 0 Å². The second kappa shape index (κ2) is 9.00. The number of nitrogens with zero attached hydrogens (tertiary/aromatic N) is 5. The van der Waals surface area contributed by atoms with E-state index in [9.17, 15) is 5.11 Å². The van der Waals surface area contributed by atoms with Gasteiger partial charge in [0.25, 0.3) is 0 Å². The molecule has 0 saturated carbocycles. The molecule has 33 heavy (non-hydrogen) atoms. The van der Waals surface area contributed by atoms with Gasteiger partial charge in [-0.3, -0.25) is 0 Å². The van der Waals surface area contributed by atoms with Gasteiger partial charge in [0.2, 0.25) is 11.9 Å². The van der Waals surface area contributed by atoms with Gasteiger partial charge < -0.3 is 14.9 Å². The zero-order valence-electron chi connectivity index (χ0n) is 21.4. The maximum atomic E-state index is 11.0. The predicted octanol–water partition coefficient (Wildman–Crippen LogP) is 5.54. The third-order valence-electron chi connectivity index (χ3n) is 5.59. The molecule has 0 spiro atoms. The van der Waals surface area contributed by atoms with Crippen molar-refractivity contribution in [2.75, 3.05) is 30.9 Å². The third kappa shape index (κ3) is 5.62. The van der Waals surface area contributed by atoms with Gasteiger partial charge in [-0.2, -0.15) is 15.0 Å². The average molecular weight is 448 g/mol. The van der Waals surface area contributed by atoms with Gasteiger partial charge in [0.05, 0.1) is 0 Å². The Morgan fingerprint density at radius 1 is 0.758 bits per heavy atom. The van der Waals surface area contributed by atoms with Crippen molar-refractivity contribution in [2.45, 2.75) is 58.9 Å². The first-order valence-electron chi connectivity index (χ1n) is 11.3. The molecule has 1 heterocycles. The van der Waals surface area contributed by atoms with Crippen molar-refractivity contribution in [2.24, 2.45) is 0 Å². The number of aromatic nitrogens is 3. The molecule has 0 radical (unpaired) electrons. The van der Waals surface area contributed by atoms with E-state index in [4.69, 9.17) is 9.97 Å². The molecule has 2 aromatic carbocycles. The van der Waals surface area contributed by atoms with Gasteiger partial charge in [0.1, 0.15) is 5.75 Å². The second-order valence-electron chi connectivity index (χ2n) is 10.9. The average Bonchev–Trinajstić information content (AvgIpc) is 2.73. The maximum Gasteiger partial charge on any atom is 0.230 e. The number of hydrogen-bond donors (Lipinski definition) is 1. The SMILES string of the molecule is CN(C)c1nc(-c2ccccc2)nc(N(C)Cc2cc(C(C)(C)C)c(O)c(C(C)(C)C)c2)n1. The highest BCUT2D eigenvalue weighted by atomic mass is 16.3. The summed E-state index contributed by atoms with van der Waals surface area (Å²) in [5.41, 5.74) is 3.61. The molecule has 0 aliphatic heterocycles. The Hall–Kier alpha value is -3.15. The van der Waals surface area contributed by atoms with E-state index in [0.29, 0.717) is 30.0 Å². The van der Waals surface area contributed by atoms with E-state index in [1.54, 1.807) is 0 Å². The van der Waals surface area contributed by atoms with Gasteiger partial charge in [-0.05, 0) is 39.7 Å². The predicted molar refractivity (Wildman–Crippen MR) is 137 cm³/mol. The summed E-state index contributed by atoms with van der Waals surface area (Å²) < 4.78 is 0.